The summed E-state index contributed by atoms with van der Waals surface area (Å²) in [4.78, 5) is 0. The second-order valence-corrected chi connectivity index (χ2v) is 3.78. The van der Waals surface area contributed by atoms with Crippen molar-refractivity contribution in [2.24, 2.45) is 0 Å². The van der Waals surface area contributed by atoms with Gasteiger partial charge in [-0.05, 0) is 36.8 Å². The van der Waals surface area contributed by atoms with Crippen LogP contribution in [0.4, 0.5) is 4.39 Å². The molecular formula is C10H10FN3OS. The summed E-state index contributed by atoms with van der Waals surface area (Å²) in [5.41, 5.74) is 1.11. The Bertz CT molecular complexity index is 576. The highest BCUT2D eigenvalue weighted by Crippen LogP contribution is 2.16. The molecule has 4 nitrogen and oxygen atoms in total. The van der Waals surface area contributed by atoms with Gasteiger partial charge in [-0.3, -0.25) is 9.67 Å². The Morgan fingerprint density at radius 2 is 2.31 bits per heavy atom. The van der Waals surface area contributed by atoms with Crippen molar-refractivity contribution >= 4 is 12.2 Å². The van der Waals surface area contributed by atoms with Crippen molar-refractivity contribution in [1.29, 1.82) is 0 Å². The predicted molar refractivity (Wildman–Crippen MR) is 59.4 cm³/mol. The number of benzene rings is 1. The topological polar surface area (TPSA) is 53.8 Å². The van der Waals surface area contributed by atoms with Crippen LogP contribution < -0.4 is 0 Å². The molecule has 0 radical (unpaired) electrons. The number of halogens is 1. The zero-order valence-corrected chi connectivity index (χ0v) is 9.38. The fourth-order valence-corrected chi connectivity index (χ4v) is 1.73. The molecule has 0 unspecified atom stereocenters. The minimum atomic E-state index is -0.396. The van der Waals surface area contributed by atoms with Gasteiger partial charge in [0.1, 0.15) is 12.4 Å². The van der Waals surface area contributed by atoms with Gasteiger partial charge in [-0.15, -0.1) is 0 Å². The number of aryl methyl sites for hydroxylation is 1. The van der Waals surface area contributed by atoms with Crippen molar-refractivity contribution in [3.8, 4) is 5.69 Å². The Labute approximate surface area is 96.4 Å². The van der Waals surface area contributed by atoms with Gasteiger partial charge in [0.05, 0.1) is 5.69 Å². The maximum atomic E-state index is 13.7. The molecule has 84 valence electrons. The highest BCUT2D eigenvalue weighted by molar-refractivity contribution is 7.71. The molecule has 0 aliphatic rings. The largest absolute Gasteiger partial charge is 0.388 e. The minimum absolute atomic E-state index is 0.256. The van der Waals surface area contributed by atoms with Crippen molar-refractivity contribution in [2.45, 2.75) is 13.5 Å². The lowest BCUT2D eigenvalue weighted by molar-refractivity contribution is 0.268. The van der Waals surface area contributed by atoms with E-state index in [0.717, 1.165) is 5.56 Å². The molecule has 1 aromatic heterocycles. The Balaban J connectivity index is 2.67. The third-order valence-electron chi connectivity index (χ3n) is 2.23. The van der Waals surface area contributed by atoms with E-state index < -0.39 is 5.82 Å². The first-order valence-corrected chi connectivity index (χ1v) is 5.08. The molecule has 0 aliphatic heterocycles. The van der Waals surface area contributed by atoms with Crippen LogP contribution in [0.5, 0.6) is 0 Å². The Morgan fingerprint density at radius 1 is 1.56 bits per heavy atom. The van der Waals surface area contributed by atoms with Crippen molar-refractivity contribution < 1.29 is 9.50 Å². The highest BCUT2D eigenvalue weighted by Gasteiger charge is 2.11. The molecule has 6 heteroatoms. The maximum Gasteiger partial charge on any atom is 0.200 e. The zero-order valence-electron chi connectivity index (χ0n) is 8.57. The molecule has 0 spiro atoms. The first-order chi connectivity index (χ1) is 7.63. The van der Waals surface area contributed by atoms with Gasteiger partial charge in [0, 0.05) is 0 Å². The molecule has 0 saturated carbocycles. The van der Waals surface area contributed by atoms with Gasteiger partial charge in [0.25, 0.3) is 0 Å². The van der Waals surface area contributed by atoms with Crippen molar-refractivity contribution in [2.75, 3.05) is 0 Å². The van der Waals surface area contributed by atoms with E-state index in [-0.39, 0.29) is 22.9 Å². The lowest BCUT2D eigenvalue weighted by atomic mass is 10.2. The molecule has 2 N–H and O–H groups in total. The maximum absolute atomic E-state index is 13.7. The number of nitrogens with one attached hydrogen (secondary N) is 1. The van der Waals surface area contributed by atoms with E-state index >= 15 is 0 Å². The molecule has 2 aromatic rings. The quantitative estimate of drug-likeness (QED) is 0.787. The Morgan fingerprint density at radius 3 is 2.94 bits per heavy atom. The number of rotatable bonds is 2. The fraction of sp³-hybridized carbons (Fsp3) is 0.200. The number of aromatic nitrogens is 3. The van der Waals surface area contributed by atoms with Crippen LogP contribution in [0.15, 0.2) is 18.2 Å². The number of hydrogen-bond donors (Lipinski definition) is 2. The van der Waals surface area contributed by atoms with E-state index in [9.17, 15) is 4.39 Å². The molecule has 16 heavy (non-hydrogen) atoms. The van der Waals surface area contributed by atoms with Gasteiger partial charge in [-0.1, -0.05) is 6.07 Å². The van der Waals surface area contributed by atoms with Crippen LogP contribution in [-0.2, 0) is 6.61 Å². The van der Waals surface area contributed by atoms with E-state index in [1.54, 1.807) is 19.1 Å². The number of aliphatic hydroxyl groups is 1. The van der Waals surface area contributed by atoms with Crippen LogP contribution in [0, 0.1) is 17.5 Å². The lowest BCUT2D eigenvalue weighted by Gasteiger charge is -2.06. The summed E-state index contributed by atoms with van der Waals surface area (Å²) in [6.07, 6.45) is 0. The normalized spacial score (nSPS) is 10.7. The van der Waals surface area contributed by atoms with E-state index in [0.29, 0.717) is 0 Å². The number of aromatic amines is 1. The van der Waals surface area contributed by atoms with Crippen LogP contribution in [0.3, 0.4) is 0 Å². The molecular weight excluding hydrogens is 229 g/mol. The average molecular weight is 239 g/mol. The van der Waals surface area contributed by atoms with Crippen molar-refractivity contribution in [3.05, 3.63) is 40.2 Å². The predicted octanol–water partition coefficient (Wildman–Crippen LogP) is 1.87. The molecule has 1 aromatic carbocycles. The molecule has 0 bridgehead atoms. The second-order valence-electron chi connectivity index (χ2n) is 3.39. The molecule has 0 atom stereocenters. The van der Waals surface area contributed by atoms with Crippen molar-refractivity contribution in [3.63, 3.8) is 0 Å². The second kappa shape index (κ2) is 4.15. The van der Waals surface area contributed by atoms with Crippen molar-refractivity contribution in [1.82, 2.24) is 14.8 Å². The van der Waals surface area contributed by atoms with Gasteiger partial charge >= 0.3 is 0 Å². The molecule has 1 heterocycles. The summed E-state index contributed by atoms with van der Waals surface area (Å²) >= 11 is 4.98. The first kappa shape index (κ1) is 11.0. The van der Waals surface area contributed by atoms with E-state index in [2.05, 4.69) is 10.2 Å². The van der Waals surface area contributed by atoms with Crippen LogP contribution in [0.25, 0.3) is 5.69 Å². The molecule has 2 rings (SSSR count). The molecule has 0 saturated heterocycles. The molecule has 0 amide bonds. The summed E-state index contributed by atoms with van der Waals surface area (Å²) in [6, 6.07) is 4.79. The summed E-state index contributed by atoms with van der Waals surface area (Å²) in [5.74, 6) is -0.111. The van der Waals surface area contributed by atoms with Gasteiger partial charge in [-0.25, -0.2) is 4.39 Å². The average Bonchev–Trinajstić information content (AvgIpc) is 2.60. The van der Waals surface area contributed by atoms with Gasteiger partial charge in [-0.2, -0.15) is 5.10 Å². The smallest absolute Gasteiger partial charge is 0.200 e. The monoisotopic (exact) mass is 239 g/mol. The van der Waals surface area contributed by atoms with Crippen LogP contribution in [0.2, 0.25) is 0 Å². The Kier molecular flexibility index (Phi) is 2.84. The fourth-order valence-electron chi connectivity index (χ4n) is 1.48. The summed E-state index contributed by atoms with van der Waals surface area (Å²) in [7, 11) is 0. The molecule has 0 aliphatic carbocycles. The zero-order chi connectivity index (χ0) is 11.7. The third-order valence-corrected chi connectivity index (χ3v) is 2.50. The standard InChI is InChI=1S/C10H10FN3OS/c1-6-2-3-8(7(11)4-6)14-9(5-15)12-13-10(14)16/h2-4,15H,5H2,1H3,(H,13,16). The molecule has 0 fully saturated rings. The van der Waals surface area contributed by atoms with Crippen LogP contribution in [-0.4, -0.2) is 19.9 Å². The van der Waals surface area contributed by atoms with E-state index in [1.165, 1.54) is 10.6 Å². The number of nitrogens with zero attached hydrogens (tertiary/aromatic N) is 2. The summed E-state index contributed by atoms with van der Waals surface area (Å²) in [5, 5.41) is 15.4. The number of hydrogen-bond acceptors (Lipinski definition) is 3. The van der Waals surface area contributed by atoms with Crippen LogP contribution >= 0.6 is 12.2 Å². The third kappa shape index (κ3) is 1.77. The SMILES string of the molecule is Cc1ccc(-n2c(CO)n[nH]c2=S)c(F)c1. The highest BCUT2D eigenvalue weighted by atomic mass is 32.1. The Hall–Kier alpha value is -1.53. The lowest BCUT2D eigenvalue weighted by Crippen LogP contribution is -2.03. The van der Waals surface area contributed by atoms with E-state index in [1.807, 2.05) is 0 Å². The van der Waals surface area contributed by atoms with Crippen LogP contribution in [0.1, 0.15) is 11.4 Å². The summed E-state index contributed by atoms with van der Waals surface area (Å²) in [6.45, 7) is 1.49. The first-order valence-electron chi connectivity index (χ1n) is 4.67. The van der Waals surface area contributed by atoms with Gasteiger partial charge in [0.2, 0.25) is 0 Å². The van der Waals surface area contributed by atoms with Gasteiger partial charge in [0.15, 0.2) is 10.6 Å². The van der Waals surface area contributed by atoms with Gasteiger partial charge < -0.3 is 5.11 Å². The van der Waals surface area contributed by atoms with E-state index in [4.69, 9.17) is 17.3 Å². The number of aliphatic hydroxyl groups excluding tert-OH is 1. The number of H-pyrrole nitrogens is 1. The minimum Gasteiger partial charge on any atom is -0.388 e. The summed E-state index contributed by atoms with van der Waals surface area (Å²) < 4.78 is 15.4.